The van der Waals surface area contributed by atoms with E-state index < -0.39 is 12.6 Å². The van der Waals surface area contributed by atoms with Gasteiger partial charge in [-0.3, -0.25) is 5.43 Å². The minimum absolute atomic E-state index is 0.0420. The number of hydrogen-bond acceptors (Lipinski definition) is 7. The second-order valence-electron chi connectivity index (χ2n) is 4.77. The van der Waals surface area contributed by atoms with Crippen molar-refractivity contribution in [1.29, 1.82) is 0 Å². The van der Waals surface area contributed by atoms with E-state index in [1.807, 2.05) is 4.90 Å². The van der Waals surface area contributed by atoms with Crippen molar-refractivity contribution in [2.75, 3.05) is 35.3 Å². The molecule has 0 radical (unpaired) electrons. The van der Waals surface area contributed by atoms with Crippen molar-refractivity contribution in [3.8, 4) is 0 Å². The monoisotopic (exact) mass is 305 g/mol. The van der Waals surface area contributed by atoms with Crippen LogP contribution in [0.1, 0.15) is 25.7 Å². The average molecular weight is 305 g/mol. The standard InChI is InChI=1S/C11H18F3N7/c12-11(13,14)4-3-5-16-8-17-9(20-15)19-10(18-8)21-6-1-2-7-21/h1-7,15H2,(H2,16,17,18,19,20). The Kier molecular flexibility index (Phi) is 4.99. The molecule has 0 aromatic carbocycles. The summed E-state index contributed by atoms with van der Waals surface area (Å²) < 4.78 is 36.2. The molecule has 0 bridgehead atoms. The van der Waals surface area contributed by atoms with Crippen molar-refractivity contribution in [3.63, 3.8) is 0 Å². The Balaban J connectivity index is 1.96. The van der Waals surface area contributed by atoms with Gasteiger partial charge in [0.1, 0.15) is 0 Å². The maximum absolute atomic E-state index is 12.1. The molecule has 1 aliphatic heterocycles. The van der Waals surface area contributed by atoms with Crippen LogP contribution in [0.25, 0.3) is 0 Å². The maximum Gasteiger partial charge on any atom is 0.389 e. The number of anilines is 3. The van der Waals surface area contributed by atoms with Gasteiger partial charge in [0.2, 0.25) is 17.8 Å². The zero-order valence-corrected chi connectivity index (χ0v) is 11.4. The van der Waals surface area contributed by atoms with Crippen molar-refractivity contribution in [2.45, 2.75) is 31.9 Å². The molecule has 0 saturated carbocycles. The fourth-order valence-corrected chi connectivity index (χ4v) is 2.06. The number of halogens is 3. The highest BCUT2D eigenvalue weighted by atomic mass is 19.4. The van der Waals surface area contributed by atoms with Crippen LogP contribution in [0.5, 0.6) is 0 Å². The molecule has 1 saturated heterocycles. The number of hydrogen-bond donors (Lipinski definition) is 3. The lowest BCUT2D eigenvalue weighted by Crippen LogP contribution is -2.23. The van der Waals surface area contributed by atoms with E-state index in [9.17, 15) is 13.2 Å². The van der Waals surface area contributed by atoms with Gasteiger partial charge in [0.15, 0.2) is 0 Å². The van der Waals surface area contributed by atoms with Gasteiger partial charge in [0.25, 0.3) is 0 Å². The zero-order valence-electron chi connectivity index (χ0n) is 11.4. The highest BCUT2D eigenvalue weighted by Gasteiger charge is 2.26. The summed E-state index contributed by atoms with van der Waals surface area (Å²) in [5.74, 6) is 6.19. The molecule has 4 N–H and O–H groups in total. The lowest BCUT2D eigenvalue weighted by molar-refractivity contribution is -0.134. The fraction of sp³-hybridized carbons (Fsp3) is 0.727. The average Bonchev–Trinajstić information content (AvgIpc) is 2.96. The molecule has 118 valence electrons. The van der Waals surface area contributed by atoms with E-state index in [4.69, 9.17) is 5.84 Å². The van der Waals surface area contributed by atoms with Crippen LogP contribution < -0.4 is 21.5 Å². The van der Waals surface area contributed by atoms with Crippen molar-refractivity contribution in [1.82, 2.24) is 15.0 Å². The van der Waals surface area contributed by atoms with E-state index >= 15 is 0 Å². The van der Waals surface area contributed by atoms with Gasteiger partial charge in [-0.05, 0) is 19.3 Å². The van der Waals surface area contributed by atoms with Crippen LogP contribution in [-0.4, -0.2) is 40.8 Å². The Hall–Kier alpha value is -1.84. The van der Waals surface area contributed by atoms with E-state index in [2.05, 4.69) is 25.7 Å². The molecule has 1 aliphatic rings. The van der Waals surface area contributed by atoms with Crippen molar-refractivity contribution >= 4 is 17.8 Å². The van der Waals surface area contributed by atoms with E-state index in [1.54, 1.807) is 0 Å². The number of hydrazine groups is 1. The first-order chi connectivity index (χ1) is 9.98. The molecular weight excluding hydrogens is 287 g/mol. The zero-order chi connectivity index (χ0) is 15.3. The lowest BCUT2D eigenvalue weighted by Gasteiger charge is -2.16. The summed E-state index contributed by atoms with van der Waals surface area (Å²) in [7, 11) is 0. The fourth-order valence-electron chi connectivity index (χ4n) is 2.06. The lowest BCUT2D eigenvalue weighted by atomic mass is 10.3. The molecule has 1 aromatic rings. The van der Waals surface area contributed by atoms with Gasteiger partial charge in [0.05, 0.1) is 0 Å². The molecule has 0 aliphatic carbocycles. The van der Waals surface area contributed by atoms with Crippen LogP contribution in [0, 0.1) is 0 Å². The summed E-state index contributed by atoms with van der Waals surface area (Å²) in [5.41, 5.74) is 2.34. The largest absolute Gasteiger partial charge is 0.389 e. The van der Waals surface area contributed by atoms with Crippen LogP contribution >= 0.6 is 0 Å². The summed E-state index contributed by atoms with van der Waals surface area (Å²) in [6.07, 6.45) is -2.91. The van der Waals surface area contributed by atoms with E-state index in [0.29, 0.717) is 5.95 Å². The van der Waals surface area contributed by atoms with Gasteiger partial charge in [-0.15, -0.1) is 0 Å². The number of nitrogens with one attached hydrogen (secondary N) is 2. The highest BCUT2D eigenvalue weighted by Crippen LogP contribution is 2.21. The molecule has 10 heteroatoms. The SMILES string of the molecule is NNc1nc(NCCCC(F)(F)F)nc(N2CCCC2)n1. The summed E-state index contributed by atoms with van der Waals surface area (Å²) in [5, 5.41) is 2.77. The molecule has 1 fully saturated rings. The summed E-state index contributed by atoms with van der Waals surface area (Å²) in [6.45, 7) is 1.83. The molecule has 2 heterocycles. The van der Waals surface area contributed by atoms with E-state index in [-0.39, 0.29) is 24.9 Å². The van der Waals surface area contributed by atoms with E-state index in [0.717, 1.165) is 25.9 Å². The third kappa shape index (κ3) is 4.88. The third-order valence-corrected chi connectivity index (χ3v) is 3.06. The van der Waals surface area contributed by atoms with Gasteiger partial charge < -0.3 is 10.2 Å². The smallest absolute Gasteiger partial charge is 0.354 e. The number of alkyl halides is 3. The van der Waals surface area contributed by atoms with Crippen LogP contribution in [-0.2, 0) is 0 Å². The third-order valence-electron chi connectivity index (χ3n) is 3.06. The van der Waals surface area contributed by atoms with Gasteiger partial charge in [-0.1, -0.05) is 0 Å². The second kappa shape index (κ2) is 6.74. The number of nitrogens with two attached hydrogens (primary N) is 1. The predicted octanol–water partition coefficient (Wildman–Crippen LogP) is 1.51. The Bertz CT molecular complexity index is 460. The van der Waals surface area contributed by atoms with Crippen molar-refractivity contribution < 1.29 is 13.2 Å². The molecule has 2 rings (SSSR count). The Morgan fingerprint density at radius 3 is 2.38 bits per heavy atom. The molecule has 0 atom stereocenters. The topological polar surface area (TPSA) is 92.0 Å². The van der Waals surface area contributed by atoms with Crippen molar-refractivity contribution in [3.05, 3.63) is 0 Å². The Labute approximate surface area is 120 Å². The minimum atomic E-state index is -4.15. The van der Waals surface area contributed by atoms with Gasteiger partial charge in [0, 0.05) is 26.1 Å². The van der Waals surface area contributed by atoms with Crippen LogP contribution in [0.2, 0.25) is 0 Å². The highest BCUT2D eigenvalue weighted by molar-refractivity contribution is 5.43. The molecule has 0 unspecified atom stereocenters. The van der Waals surface area contributed by atoms with Gasteiger partial charge in [-0.25, -0.2) is 5.84 Å². The number of nitrogens with zero attached hydrogens (tertiary/aromatic N) is 4. The molecule has 7 nitrogen and oxygen atoms in total. The quantitative estimate of drug-likeness (QED) is 0.417. The first-order valence-electron chi connectivity index (χ1n) is 6.76. The van der Waals surface area contributed by atoms with Crippen LogP contribution in [0.15, 0.2) is 0 Å². The first kappa shape index (κ1) is 15.5. The normalized spacial score (nSPS) is 15.3. The Morgan fingerprint density at radius 1 is 1.10 bits per heavy atom. The molecular formula is C11H18F3N7. The van der Waals surface area contributed by atoms with Crippen LogP contribution in [0.4, 0.5) is 31.0 Å². The van der Waals surface area contributed by atoms with Gasteiger partial charge in [-0.2, -0.15) is 28.1 Å². The van der Waals surface area contributed by atoms with Crippen molar-refractivity contribution in [2.24, 2.45) is 5.84 Å². The van der Waals surface area contributed by atoms with Crippen LogP contribution in [0.3, 0.4) is 0 Å². The number of aromatic nitrogens is 3. The first-order valence-corrected chi connectivity index (χ1v) is 6.76. The minimum Gasteiger partial charge on any atom is -0.354 e. The molecule has 0 spiro atoms. The second-order valence-corrected chi connectivity index (χ2v) is 4.77. The predicted molar refractivity (Wildman–Crippen MR) is 72.9 cm³/mol. The van der Waals surface area contributed by atoms with Gasteiger partial charge >= 0.3 is 6.18 Å². The molecule has 21 heavy (non-hydrogen) atoms. The number of rotatable bonds is 6. The Morgan fingerprint density at radius 2 is 1.76 bits per heavy atom. The van der Waals surface area contributed by atoms with E-state index in [1.165, 1.54) is 0 Å². The summed E-state index contributed by atoms with van der Waals surface area (Å²) in [6, 6.07) is 0. The maximum atomic E-state index is 12.1. The summed E-state index contributed by atoms with van der Waals surface area (Å²) in [4.78, 5) is 14.3. The summed E-state index contributed by atoms with van der Waals surface area (Å²) >= 11 is 0. The number of nitrogen functional groups attached to an aromatic ring is 1. The molecule has 0 amide bonds. The molecule has 1 aromatic heterocycles.